The molecule has 7 heteroatoms. The van der Waals surface area contributed by atoms with Crippen LogP contribution in [-0.4, -0.2) is 20.2 Å². The Hall–Kier alpha value is -3.27. The van der Waals surface area contributed by atoms with Gasteiger partial charge in [0.1, 0.15) is 17.7 Å². The number of hydrogen-bond acceptors (Lipinski definition) is 5. The van der Waals surface area contributed by atoms with Crippen molar-refractivity contribution in [3.63, 3.8) is 0 Å². The van der Waals surface area contributed by atoms with E-state index in [0.717, 1.165) is 35.5 Å². The maximum Gasteiger partial charge on any atom is 0.232 e. The molecule has 3 aromatic rings. The normalized spacial score (nSPS) is 23.3. The van der Waals surface area contributed by atoms with E-state index in [9.17, 15) is 14.0 Å². The summed E-state index contributed by atoms with van der Waals surface area (Å²) < 4.78 is 28.7. The van der Waals surface area contributed by atoms with Crippen molar-refractivity contribution in [1.82, 2.24) is 20.2 Å². The van der Waals surface area contributed by atoms with Gasteiger partial charge < -0.3 is 0 Å². The third-order valence-electron chi connectivity index (χ3n) is 6.99. The van der Waals surface area contributed by atoms with Gasteiger partial charge in [0.15, 0.2) is 0 Å². The highest BCUT2D eigenvalue weighted by molar-refractivity contribution is 5.64. The number of aromatic nitrogens is 4. The highest BCUT2D eigenvalue weighted by Crippen LogP contribution is 2.69. The Balaban J connectivity index is 1.75. The third-order valence-corrected chi connectivity index (χ3v) is 6.99. The number of aryl methyl sites for hydroxylation is 1. The van der Waals surface area contributed by atoms with Gasteiger partial charge in [0, 0.05) is 5.69 Å². The van der Waals surface area contributed by atoms with Crippen molar-refractivity contribution in [1.29, 1.82) is 5.26 Å². The molecule has 2 aliphatic rings. The highest BCUT2D eigenvalue weighted by Gasteiger charge is 2.65. The van der Waals surface area contributed by atoms with Crippen LogP contribution in [0.2, 0.25) is 0 Å². The number of rotatable bonds is 2. The molecule has 2 atom stereocenters. The summed E-state index contributed by atoms with van der Waals surface area (Å²) in [5.74, 6) is -1.04. The van der Waals surface area contributed by atoms with Gasteiger partial charge in [0.2, 0.25) is 5.82 Å². The number of benzene rings is 1. The lowest BCUT2D eigenvalue weighted by atomic mass is 9.66. The van der Waals surface area contributed by atoms with Crippen LogP contribution in [-0.2, 0) is 5.41 Å². The van der Waals surface area contributed by atoms with Crippen LogP contribution in [0.3, 0.4) is 0 Å². The van der Waals surface area contributed by atoms with Gasteiger partial charge in [-0.05, 0) is 60.9 Å². The average Bonchev–Trinajstić information content (AvgIpc) is 3.09. The van der Waals surface area contributed by atoms with Gasteiger partial charge in [0.25, 0.3) is 0 Å². The molecule has 1 fully saturated rings. The fraction of sp³-hybridized carbons (Fsp3) is 0.348. The first-order chi connectivity index (χ1) is 14.3. The smallest absolute Gasteiger partial charge is 0.224 e. The third kappa shape index (κ3) is 2.25. The van der Waals surface area contributed by atoms with Gasteiger partial charge in [-0.3, -0.25) is 0 Å². The van der Waals surface area contributed by atoms with E-state index in [0.29, 0.717) is 0 Å². The minimum absolute atomic E-state index is 0.130. The van der Waals surface area contributed by atoms with E-state index in [1.165, 1.54) is 18.2 Å². The summed E-state index contributed by atoms with van der Waals surface area (Å²) in [6.07, 6.45) is 1.72. The van der Waals surface area contributed by atoms with Gasteiger partial charge >= 0.3 is 0 Å². The molecule has 2 bridgehead atoms. The molecule has 30 heavy (non-hydrogen) atoms. The zero-order valence-electron chi connectivity index (χ0n) is 16.9. The van der Waals surface area contributed by atoms with Crippen LogP contribution in [0, 0.1) is 35.3 Å². The van der Waals surface area contributed by atoms with Crippen molar-refractivity contribution in [2.75, 3.05) is 0 Å². The summed E-state index contributed by atoms with van der Waals surface area (Å²) in [6, 6.07) is 9.50. The van der Waals surface area contributed by atoms with Crippen LogP contribution in [0.1, 0.15) is 61.1 Å². The highest BCUT2D eigenvalue weighted by atomic mass is 19.1. The Morgan fingerprint density at radius 1 is 1.10 bits per heavy atom. The molecule has 0 radical (unpaired) electrons. The first kappa shape index (κ1) is 18.7. The Bertz CT molecular complexity index is 1230. The van der Waals surface area contributed by atoms with Crippen LogP contribution in [0.4, 0.5) is 8.78 Å². The van der Waals surface area contributed by atoms with Gasteiger partial charge in [-0.15, -0.1) is 5.10 Å². The lowest BCUT2D eigenvalue weighted by Crippen LogP contribution is -2.38. The molecule has 0 aliphatic heterocycles. The Morgan fingerprint density at radius 3 is 2.53 bits per heavy atom. The van der Waals surface area contributed by atoms with E-state index in [1.54, 1.807) is 6.07 Å². The first-order valence-corrected chi connectivity index (χ1v) is 9.88. The summed E-state index contributed by atoms with van der Waals surface area (Å²) in [5, 5.41) is 18.1. The maximum absolute atomic E-state index is 14.3. The van der Waals surface area contributed by atoms with E-state index >= 15 is 0 Å². The summed E-state index contributed by atoms with van der Waals surface area (Å²) in [4.78, 5) is 8.74. The summed E-state index contributed by atoms with van der Waals surface area (Å²) in [6.45, 7) is 6.17. The van der Waals surface area contributed by atoms with Gasteiger partial charge in [-0.2, -0.15) is 10.4 Å². The van der Waals surface area contributed by atoms with Crippen LogP contribution in [0.15, 0.2) is 30.3 Å². The van der Waals surface area contributed by atoms with Gasteiger partial charge in [0.05, 0.1) is 28.1 Å². The monoisotopic (exact) mass is 403 g/mol. The van der Waals surface area contributed by atoms with E-state index in [1.807, 2.05) is 19.1 Å². The number of fused-ring (bicyclic) bond motifs is 5. The topological polar surface area (TPSA) is 75.3 Å². The second-order valence-corrected chi connectivity index (χ2v) is 8.68. The predicted octanol–water partition coefficient (Wildman–Crippen LogP) is 4.60. The molecule has 0 spiro atoms. The predicted molar refractivity (Wildman–Crippen MR) is 105 cm³/mol. The zero-order valence-corrected chi connectivity index (χ0v) is 16.9. The van der Waals surface area contributed by atoms with Crippen molar-refractivity contribution in [3.8, 4) is 17.3 Å². The summed E-state index contributed by atoms with van der Waals surface area (Å²) in [5.41, 5.74) is 2.48. The number of halogens is 2. The molecule has 5 rings (SSSR count). The second kappa shape index (κ2) is 6.11. The molecule has 0 unspecified atom stereocenters. The molecular formula is C23H19F2N5. The van der Waals surface area contributed by atoms with Crippen molar-refractivity contribution >= 4 is 0 Å². The lowest BCUT2D eigenvalue weighted by Gasteiger charge is -2.37. The minimum atomic E-state index is -0.661. The summed E-state index contributed by atoms with van der Waals surface area (Å²) in [7, 11) is 0. The van der Waals surface area contributed by atoms with E-state index in [4.69, 9.17) is 0 Å². The van der Waals surface area contributed by atoms with Crippen LogP contribution < -0.4 is 0 Å². The quantitative estimate of drug-likeness (QED) is 0.625. The van der Waals surface area contributed by atoms with Crippen molar-refractivity contribution in [2.24, 2.45) is 5.41 Å². The average molecular weight is 403 g/mol. The van der Waals surface area contributed by atoms with Crippen molar-refractivity contribution in [3.05, 3.63) is 70.4 Å². The van der Waals surface area contributed by atoms with Gasteiger partial charge in [-0.1, -0.05) is 19.9 Å². The van der Waals surface area contributed by atoms with Gasteiger partial charge in [-0.25, -0.2) is 18.7 Å². The van der Waals surface area contributed by atoms with Crippen LogP contribution in [0.5, 0.6) is 0 Å². The van der Waals surface area contributed by atoms with Crippen molar-refractivity contribution < 1.29 is 8.78 Å². The molecule has 0 amide bonds. The molecule has 0 N–H and O–H groups in total. The minimum Gasteiger partial charge on any atom is -0.224 e. The fourth-order valence-electron chi connectivity index (χ4n) is 5.59. The maximum atomic E-state index is 14.3. The molecule has 0 saturated heterocycles. The second-order valence-electron chi connectivity index (χ2n) is 8.68. The zero-order chi connectivity index (χ0) is 21.3. The largest absolute Gasteiger partial charge is 0.232 e. The molecule has 2 aromatic heterocycles. The Kier molecular flexibility index (Phi) is 3.82. The first-order valence-electron chi connectivity index (χ1n) is 9.88. The standard InChI is InChI=1S/C23H19F2N5/c1-12-9-18(28-19(11-26)27-12)23-8-7-14(22(23,2)3)13-10-17(29-30-21(13)23)20-15(24)5-4-6-16(20)25/h4-6,9-10,14H,7-8H2,1-3H3/t14-,23-/m0/s1. The number of nitriles is 1. The SMILES string of the molecule is Cc1cc([C@@]23CC[C@@H](c4cc(-c5c(F)cccc5F)nnc42)C3(C)C)nc(C#N)n1. The van der Waals surface area contributed by atoms with Crippen molar-refractivity contribution in [2.45, 2.75) is 44.9 Å². The number of hydrogen-bond donors (Lipinski definition) is 0. The Labute approximate surface area is 172 Å². The van der Waals surface area contributed by atoms with E-state index < -0.39 is 17.0 Å². The summed E-state index contributed by atoms with van der Waals surface area (Å²) >= 11 is 0. The van der Waals surface area contributed by atoms with E-state index in [-0.39, 0.29) is 28.4 Å². The Morgan fingerprint density at radius 2 is 1.83 bits per heavy atom. The van der Waals surface area contributed by atoms with Crippen LogP contribution >= 0.6 is 0 Å². The molecule has 1 saturated carbocycles. The molecule has 1 aromatic carbocycles. The fourth-order valence-corrected chi connectivity index (χ4v) is 5.59. The van der Waals surface area contributed by atoms with Crippen LogP contribution in [0.25, 0.3) is 11.3 Å². The molecule has 2 heterocycles. The van der Waals surface area contributed by atoms with E-state index in [2.05, 4.69) is 34.0 Å². The molecule has 5 nitrogen and oxygen atoms in total. The molecule has 2 aliphatic carbocycles. The number of nitrogens with zero attached hydrogens (tertiary/aromatic N) is 5. The molecular weight excluding hydrogens is 384 g/mol. The molecule has 150 valence electrons. The lowest BCUT2D eigenvalue weighted by molar-refractivity contribution is 0.242.